The number of anilines is 1. The van der Waals surface area contributed by atoms with Gasteiger partial charge >= 0.3 is 5.97 Å². The van der Waals surface area contributed by atoms with E-state index in [9.17, 15) is 4.79 Å². The molecule has 0 saturated carbocycles. The zero-order chi connectivity index (χ0) is 9.84. The lowest BCUT2D eigenvalue weighted by molar-refractivity contribution is 0.0601. The summed E-state index contributed by atoms with van der Waals surface area (Å²) in [6, 6.07) is 1.43. The molecule has 0 fully saturated rings. The van der Waals surface area contributed by atoms with Gasteiger partial charge in [0, 0.05) is 6.07 Å². The second-order valence-corrected chi connectivity index (χ2v) is 2.31. The van der Waals surface area contributed by atoms with Gasteiger partial charge in [0.15, 0.2) is 0 Å². The van der Waals surface area contributed by atoms with Gasteiger partial charge in [-0.1, -0.05) is 0 Å². The average Bonchev–Trinajstić information content (AvgIpc) is 2.17. The van der Waals surface area contributed by atoms with Gasteiger partial charge in [-0.05, 0) is 0 Å². The second kappa shape index (κ2) is 3.75. The Morgan fingerprint density at radius 2 is 2.23 bits per heavy atom. The van der Waals surface area contributed by atoms with Crippen LogP contribution in [-0.2, 0) is 4.74 Å². The molecular weight excluding hydrogens is 172 g/mol. The van der Waals surface area contributed by atoms with Crippen molar-refractivity contribution in [3.63, 3.8) is 0 Å². The van der Waals surface area contributed by atoms with Crippen molar-refractivity contribution in [3.05, 3.63) is 17.8 Å². The molecule has 13 heavy (non-hydrogen) atoms. The molecule has 1 rings (SSSR count). The third-order valence-electron chi connectivity index (χ3n) is 1.52. The molecule has 1 aromatic heterocycles. The number of aromatic nitrogens is 1. The van der Waals surface area contributed by atoms with Crippen LogP contribution in [0.5, 0.6) is 5.88 Å². The van der Waals surface area contributed by atoms with Crippen LogP contribution in [-0.4, -0.2) is 25.2 Å². The number of hydrogen-bond donors (Lipinski definition) is 1. The monoisotopic (exact) mass is 182 g/mol. The van der Waals surface area contributed by atoms with E-state index >= 15 is 0 Å². The summed E-state index contributed by atoms with van der Waals surface area (Å²) >= 11 is 0. The van der Waals surface area contributed by atoms with Crippen LogP contribution in [0.25, 0.3) is 0 Å². The first-order chi connectivity index (χ1) is 6.19. The zero-order valence-corrected chi connectivity index (χ0v) is 7.40. The van der Waals surface area contributed by atoms with E-state index in [2.05, 4.69) is 9.72 Å². The third-order valence-corrected chi connectivity index (χ3v) is 1.52. The fourth-order valence-corrected chi connectivity index (χ4v) is 0.845. The van der Waals surface area contributed by atoms with E-state index in [0.717, 1.165) is 0 Å². The molecule has 0 aliphatic rings. The van der Waals surface area contributed by atoms with E-state index in [1.807, 2.05) is 0 Å². The van der Waals surface area contributed by atoms with Crippen molar-refractivity contribution in [1.82, 2.24) is 4.98 Å². The Bertz CT molecular complexity index is 325. The van der Waals surface area contributed by atoms with Crippen molar-refractivity contribution in [2.24, 2.45) is 0 Å². The highest BCUT2D eigenvalue weighted by molar-refractivity contribution is 5.95. The van der Waals surface area contributed by atoms with Crippen molar-refractivity contribution >= 4 is 11.7 Å². The molecule has 0 unspecified atom stereocenters. The normalized spacial score (nSPS) is 9.38. The van der Waals surface area contributed by atoms with Crippen LogP contribution < -0.4 is 10.5 Å². The van der Waals surface area contributed by atoms with Gasteiger partial charge in [0.05, 0.1) is 31.7 Å². The summed E-state index contributed by atoms with van der Waals surface area (Å²) in [5.41, 5.74) is 6.03. The molecule has 5 nitrogen and oxygen atoms in total. The molecule has 0 aliphatic carbocycles. The molecule has 0 amide bonds. The predicted octanol–water partition coefficient (Wildman–Crippen LogP) is 0.459. The van der Waals surface area contributed by atoms with Gasteiger partial charge in [-0.3, -0.25) is 0 Å². The Morgan fingerprint density at radius 3 is 2.77 bits per heavy atom. The number of carbonyl (C=O) groups is 1. The Labute approximate surface area is 75.5 Å². The number of carbonyl (C=O) groups excluding carboxylic acids is 1. The van der Waals surface area contributed by atoms with E-state index in [-0.39, 0.29) is 11.3 Å². The number of esters is 1. The maximum Gasteiger partial charge on any atom is 0.340 e. The van der Waals surface area contributed by atoms with Crippen molar-refractivity contribution in [3.8, 4) is 5.88 Å². The van der Waals surface area contributed by atoms with E-state index < -0.39 is 5.97 Å². The molecule has 0 radical (unpaired) electrons. The Morgan fingerprint density at radius 1 is 1.54 bits per heavy atom. The van der Waals surface area contributed by atoms with Crippen LogP contribution in [0, 0.1) is 0 Å². The lowest BCUT2D eigenvalue weighted by atomic mass is 10.2. The van der Waals surface area contributed by atoms with E-state index in [1.165, 1.54) is 26.5 Å². The van der Waals surface area contributed by atoms with Gasteiger partial charge in [0.25, 0.3) is 0 Å². The topological polar surface area (TPSA) is 74.4 Å². The van der Waals surface area contributed by atoms with Crippen LogP contribution in [0.2, 0.25) is 0 Å². The number of pyridine rings is 1. The Balaban J connectivity index is 3.11. The highest BCUT2D eigenvalue weighted by Crippen LogP contribution is 2.16. The summed E-state index contributed by atoms with van der Waals surface area (Å²) in [4.78, 5) is 14.9. The Hall–Kier alpha value is -1.78. The molecule has 1 heterocycles. The average molecular weight is 182 g/mol. The van der Waals surface area contributed by atoms with Crippen LogP contribution in [0.1, 0.15) is 10.4 Å². The first-order valence-corrected chi connectivity index (χ1v) is 3.57. The molecule has 70 valence electrons. The van der Waals surface area contributed by atoms with Crippen LogP contribution >= 0.6 is 0 Å². The molecule has 2 N–H and O–H groups in total. The number of methoxy groups -OCH3 is 2. The molecule has 0 atom stereocenters. The van der Waals surface area contributed by atoms with Crippen molar-refractivity contribution in [1.29, 1.82) is 0 Å². The third kappa shape index (κ3) is 1.87. The first kappa shape index (κ1) is 9.31. The predicted molar refractivity (Wildman–Crippen MR) is 46.5 cm³/mol. The van der Waals surface area contributed by atoms with Gasteiger partial charge in [0.1, 0.15) is 0 Å². The molecule has 0 aliphatic heterocycles. The largest absolute Gasteiger partial charge is 0.481 e. The highest BCUT2D eigenvalue weighted by Gasteiger charge is 2.11. The van der Waals surface area contributed by atoms with Crippen LogP contribution in [0.3, 0.4) is 0 Å². The lowest BCUT2D eigenvalue weighted by Crippen LogP contribution is -2.06. The minimum atomic E-state index is -0.502. The standard InChI is InChI=1S/C8H10N2O3/c1-12-7-3-5(8(11)13-2)6(9)4-10-7/h3-4H,9H2,1-2H3. The fourth-order valence-electron chi connectivity index (χ4n) is 0.845. The van der Waals surface area contributed by atoms with E-state index in [1.54, 1.807) is 0 Å². The second-order valence-electron chi connectivity index (χ2n) is 2.31. The van der Waals surface area contributed by atoms with Crippen molar-refractivity contribution in [2.75, 3.05) is 20.0 Å². The van der Waals surface area contributed by atoms with Crippen LogP contribution in [0.4, 0.5) is 5.69 Å². The Kier molecular flexibility index (Phi) is 2.69. The molecular formula is C8H10N2O3. The van der Waals surface area contributed by atoms with Gasteiger partial charge in [-0.15, -0.1) is 0 Å². The number of hydrogen-bond acceptors (Lipinski definition) is 5. The first-order valence-electron chi connectivity index (χ1n) is 3.57. The van der Waals surface area contributed by atoms with Crippen molar-refractivity contribution in [2.45, 2.75) is 0 Å². The number of nitrogens with two attached hydrogens (primary N) is 1. The number of ether oxygens (including phenoxy) is 2. The van der Waals surface area contributed by atoms with Gasteiger partial charge in [0.2, 0.25) is 5.88 Å². The number of rotatable bonds is 2. The minimum absolute atomic E-state index is 0.259. The highest BCUT2D eigenvalue weighted by atomic mass is 16.5. The minimum Gasteiger partial charge on any atom is -0.481 e. The van der Waals surface area contributed by atoms with Gasteiger partial charge in [-0.2, -0.15) is 0 Å². The SMILES string of the molecule is COC(=O)c1cc(OC)ncc1N. The molecule has 5 heteroatoms. The van der Waals surface area contributed by atoms with E-state index in [0.29, 0.717) is 5.88 Å². The molecule has 0 aromatic carbocycles. The lowest BCUT2D eigenvalue weighted by Gasteiger charge is -2.04. The maximum atomic E-state index is 11.1. The smallest absolute Gasteiger partial charge is 0.340 e. The summed E-state index contributed by atoms with van der Waals surface area (Å²) in [6.07, 6.45) is 1.35. The van der Waals surface area contributed by atoms with Crippen LogP contribution in [0.15, 0.2) is 12.3 Å². The van der Waals surface area contributed by atoms with Gasteiger partial charge < -0.3 is 15.2 Å². The number of nitrogens with zero attached hydrogens (tertiary/aromatic N) is 1. The molecule has 0 saturated heterocycles. The number of nitrogen functional groups attached to an aromatic ring is 1. The van der Waals surface area contributed by atoms with E-state index in [4.69, 9.17) is 10.5 Å². The van der Waals surface area contributed by atoms with Gasteiger partial charge in [-0.25, -0.2) is 9.78 Å². The quantitative estimate of drug-likeness (QED) is 0.672. The summed E-state index contributed by atoms with van der Waals surface area (Å²) in [5, 5.41) is 0. The summed E-state index contributed by atoms with van der Waals surface area (Å²) in [5.74, 6) is -0.173. The summed E-state index contributed by atoms with van der Waals surface area (Å²) in [6.45, 7) is 0. The zero-order valence-electron chi connectivity index (χ0n) is 7.40. The summed E-state index contributed by atoms with van der Waals surface area (Å²) in [7, 11) is 2.74. The molecule has 0 bridgehead atoms. The fraction of sp³-hybridized carbons (Fsp3) is 0.250. The molecule has 0 spiro atoms. The summed E-state index contributed by atoms with van der Waals surface area (Å²) < 4.78 is 9.34. The molecule has 1 aromatic rings. The van der Waals surface area contributed by atoms with Crippen molar-refractivity contribution < 1.29 is 14.3 Å². The maximum absolute atomic E-state index is 11.1.